The van der Waals surface area contributed by atoms with E-state index in [2.05, 4.69) is 54.0 Å². The van der Waals surface area contributed by atoms with Crippen molar-refractivity contribution in [1.82, 2.24) is 10.3 Å². The molecule has 1 aliphatic carbocycles. The molecule has 4 rings (SSSR count). The molecule has 2 aromatic carbocycles. The van der Waals surface area contributed by atoms with Crippen LogP contribution in [-0.4, -0.2) is 16.2 Å². The van der Waals surface area contributed by atoms with Gasteiger partial charge >= 0.3 is 0 Å². The Hall–Kier alpha value is -2.01. The number of aliphatic hydroxyl groups is 1. The highest BCUT2D eigenvalue weighted by atomic mass is 32.1. The smallest absolute Gasteiger partial charge is 0.123 e. The second kappa shape index (κ2) is 6.48. The van der Waals surface area contributed by atoms with Crippen LogP contribution in [0.1, 0.15) is 28.4 Å². The predicted molar refractivity (Wildman–Crippen MR) is 98.0 cm³/mol. The normalized spacial score (nSPS) is 19.4. The van der Waals surface area contributed by atoms with E-state index in [4.69, 9.17) is 4.98 Å². The maximum absolute atomic E-state index is 10.3. The van der Waals surface area contributed by atoms with E-state index in [0.29, 0.717) is 6.54 Å². The van der Waals surface area contributed by atoms with E-state index in [1.165, 1.54) is 16.7 Å². The van der Waals surface area contributed by atoms with Gasteiger partial charge in [-0.1, -0.05) is 54.1 Å². The summed E-state index contributed by atoms with van der Waals surface area (Å²) in [6.45, 7) is 2.75. The van der Waals surface area contributed by atoms with Crippen LogP contribution in [0.15, 0.2) is 53.9 Å². The Balaban J connectivity index is 1.46. The summed E-state index contributed by atoms with van der Waals surface area (Å²) in [4.78, 5) is 4.73. The largest absolute Gasteiger partial charge is 0.391 e. The van der Waals surface area contributed by atoms with Crippen LogP contribution in [0.4, 0.5) is 0 Å². The number of benzene rings is 2. The minimum atomic E-state index is -0.363. The summed E-state index contributed by atoms with van der Waals surface area (Å²) in [7, 11) is 0. The zero-order valence-electron chi connectivity index (χ0n) is 13.6. The standard InChI is InChI=1S/C20H20N2OS/c1-13-6-8-14(9-7-13)20-22-16(12-24-20)11-21-19-17-5-3-2-4-15(17)10-18(19)23/h2-9,12,18-19,21,23H,10-11H2,1H3/t18-,19+/m0/s1. The number of nitrogens with one attached hydrogen (secondary N) is 1. The fourth-order valence-corrected chi connectivity index (χ4v) is 4.08. The molecule has 0 radical (unpaired) electrons. The van der Waals surface area contributed by atoms with E-state index in [9.17, 15) is 5.11 Å². The summed E-state index contributed by atoms with van der Waals surface area (Å²) >= 11 is 1.66. The fourth-order valence-electron chi connectivity index (χ4n) is 3.25. The Morgan fingerprint density at radius 2 is 1.96 bits per heavy atom. The van der Waals surface area contributed by atoms with Crippen LogP contribution in [0.25, 0.3) is 10.6 Å². The van der Waals surface area contributed by atoms with Gasteiger partial charge in [0.05, 0.1) is 17.8 Å². The summed E-state index contributed by atoms with van der Waals surface area (Å²) in [6.07, 6.45) is 0.358. The van der Waals surface area contributed by atoms with Crippen LogP contribution in [-0.2, 0) is 13.0 Å². The molecule has 3 nitrogen and oxygen atoms in total. The molecule has 0 aliphatic heterocycles. The van der Waals surface area contributed by atoms with Crippen molar-refractivity contribution in [2.75, 3.05) is 0 Å². The summed E-state index contributed by atoms with van der Waals surface area (Å²) in [6, 6.07) is 16.7. The number of nitrogens with zero attached hydrogens (tertiary/aromatic N) is 1. The summed E-state index contributed by atoms with van der Waals surface area (Å²) in [5.74, 6) is 0. The van der Waals surface area contributed by atoms with Crippen molar-refractivity contribution in [2.45, 2.75) is 32.0 Å². The average molecular weight is 336 g/mol. The van der Waals surface area contributed by atoms with Crippen LogP contribution < -0.4 is 5.32 Å². The molecular formula is C20H20N2OS. The van der Waals surface area contributed by atoms with Crippen LogP contribution >= 0.6 is 11.3 Å². The number of aromatic nitrogens is 1. The molecule has 0 bridgehead atoms. The lowest BCUT2D eigenvalue weighted by atomic mass is 10.1. The molecule has 3 aromatic rings. The highest BCUT2D eigenvalue weighted by molar-refractivity contribution is 7.13. The third-order valence-electron chi connectivity index (χ3n) is 4.56. The monoisotopic (exact) mass is 336 g/mol. The Morgan fingerprint density at radius 1 is 1.17 bits per heavy atom. The molecule has 4 heteroatoms. The zero-order chi connectivity index (χ0) is 16.5. The molecule has 24 heavy (non-hydrogen) atoms. The first-order chi connectivity index (χ1) is 11.7. The minimum Gasteiger partial charge on any atom is -0.391 e. The van der Waals surface area contributed by atoms with Gasteiger partial charge in [0.15, 0.2) is 0 Å². The lowest BCUT2D eigenvalue weighted by molar-refractivity contribution is 0.140. The number of rotatable bonds is 4. The topological polar surface area (TPSA) is 45.2 Å². The van der Waals surface area contributed by atoms with Crippen molar-refractivity contribution >= 4 is 11.3 Å². The minimum absolute atomic E-state index is 0.00859. The Kier molecular flexibility index (Phi) is 4.19. The Labute approximate surface area is 146 Å². The average Bonchev–Trinajstić information content (AvgIpc) is 3.17. The highest BCUT2D eigenvalue weighted by Gasteiger charge is 2.30. The second-order valence-corrected chi connectivity index (χ2v) is 7.20. The van der Waals surface area contributed by atoms with Gasteiger partial charge in [-0.25, -0.2) is 4.98 Å². The third-order valence-corrected chi connectivity index (χ3v) is 5.50. The van der Waals surface area contributed by atoms with Crippen molar-refractivity contribution < 1.29 is 5.11 Å². The molecule has 122 valence electrons. The summed E-state index contributed by atoms with van der Waals surface area (Å²) in [5.41, 5.74) is 5.88. The van der Waals surface area contributed by atoms with Gasteiger partial charge in [0.25, 0.3) is 0 Å². The second-order valence-electron chi connectivity index (χ2n) is 6.34. The molecule has 1 heterocycles. The first kappa shape index (κ1) is 15.5. The van der Waals surface area contributed by atoms with Crippen LogP contribution in [0.3, 0.4) is 0 Å². The Bertz CT molecular complexity index is 841. The van der Waals surface area contributed by atoms with Gasteiger partial charge in [0.2, 0.25) is 0 Å². The molecule has 0 spiro atoms. The van der Waals surface area contributed by atoms with Crippen molar-refractivity contribution in [3.05, 3.63) is 76.3 Å². The number of thiazole rings is 1. The number of fused-ring (bicyclic) bond motifs is 1. The summed E-state index contributed by atoms with van der Waals surface area (Å²) in [5, 5.41) is 16.9. The van der Waals surface area contributed by atoms with Crippen LogP contribution in [0, 0.1) is 6.92 Å². The molecule has 0 amide bonds. The molecule has 2 atom stereocenters. The molecule has 0 fully saturated rings. The van der Waals surface area contributed by atoms with Gasteiger partial charge in [-0.05, 0) is 18.1 Å². The zero-order valence-corrected chi connectivity index (χ0v) is 14.4. The number of hydrogen-bond donors (Lipinski definition) is 2. The van der Waals surface area contributed by atoms with Crippen LogP contribution in [0.5, 0.6) is 0 Å². The molecule has 1 aromatic heterocycles. The third kappa shape index (κ3) is 3.00. The van der Waals surface area contributed by atoms with Crippen molar-refractivity contribution in [2.24, 2.45) is 0 Å². The van der Waals surface area contributed by atoms with E-state index >= 15 is 0 Å². The lowest BCUT2D eigenvalue weighted by Gasteiger charge is -2.17. The molecule has 1 aliphatic rings. The highest BCUT2D eigenvalue weighted by Crippen LogP contribution is 2.31. The summed E-state index contributed by atoms with van der Waals surface area (Å²) < 4.78 is 0. The predicted octanol–water partition coefficient (Wildman–Crippen LogP) is 3.87. The molecule has 0 saturated heterocycles. The quantitative estimate of drug-likeness (QED) is 0.760. The van der Waals surface area contributed by atoms with Gasteiger partial charge < -0.3 is 10.4 Å². The molecule has 0 saturated carbocycles. The number of aryl methyl sites for hydroxylation is 1. The maximum atomic E-state index is 10.3. The van der Waals surface area contributed by atoms with Crippen molar-refractivity contribution in [3.63, 3.8) is 0 Å². The maximum Gasteiger partial charge on any atom is 0.123 e. The first-order valence-corrected chi connectivity index (χ1v) is 9.09. The van der Waals surface area contributed by atoms with Crippen molar-refractivity contribution in [3.8, 4) is 10.6 Å². The van der Waals surface area contributed by atoms with E-state index in [-0.39, 0.29) is 12.1 Å². The van der Waals surface area contributed by atoms with Gasteiger partial charge in [0.1, 0.15) is 5.01 Å². The number of hydrogen-bond acceptors (Lipinski definition) is 4. The van der Waals surface area contributed by atoms with E-state index < -0.39 is 0 Å². The molecule has 0 unspecified atom stereocenters. The lowest BCUT2D eigenvalue weighted by Crippen LogP contribution is -2.28. The SMILES string of the molecule is Cc1ccc(-c2nc(CN[C@@H]3c4ccccc4C[C@@H]3O)cs2)cc1. The van der Waals surface area contributed by atoms with Gasteiger partial charge in [-0.15, -0.1) is 11.3 Å². The number of aliphatic hydroxyl groups excluding tert-OH is 1. The molecular weight excluding hydrogens is 316 g/mol. The van der Waals surface area contributed by atoms with Gasteiger partial charge in [-0.2, -0.15) is 0 Å². The van der Waals surface area contributed by atoms with E-state index in [1.807, 2.05) is 12.1 Å². The fraction of sp³-hybridized carbons (Fsp3) is 0.250. The molecule has 2 N–H and O–H groups in total. The van der Waals surface area contributed by atoms with Gasteiger partial charge in [0, 0.05) is 23.9 Å². The van der Waals surface area contributed by atoms with Crippen LogP contribution in [0.2, 0.25) is 0 Å². The van der Waals surface area contributed by atoms with E-state index in [0.717, 1.165) is 22.7 Å². The van der Waals surface area contributed by atoms with Gasteiger partial charge in [-0.3, -0.25) is 0 Å². The van der Waals surface area contributed by atoms with Crippen molar-refractivity contribution in [1.29, 1.82) is 0 Å². The van der Waals surface area contributed by atoms with E-state index in [1.54, 1.807) is 11.3 Å². The Morgan fingerprint density at radius 3 is 2.79 bits per heavy atom. The first-order valence-electron chi connectivity index (χ1n) is 8.21.